The smallest absolute Gasteiger partial charge is 0.317 e. The Morgan fingerprint density at radius 1 is 1.42 bits per heavy atom. The molecule has 0 rings (SSSR count). The molecule has 0 aromatic heterocycles. The average molecular weight is 190 g/mol. The fourth-order valence-corrected chi connectivity index (χ4v) is 1.89. The molecular weight excluding hydrogens is 176 g/mol. The Hall–Kier alpha value is -0.510. The van der Waals surface area contributed by atoms with Gasteiger partial charge in [-0.3, -0.25) is 9.59 Å². The molecule has 0 saturated carbocycles. The number of carboxylic acids is 1. The van der Waals surface area contributed by atoms with E-state index in [1.807, 2.05) is 13.8 Å². The predicted molar refractivity (Wildman–Crippen MR) is 49.4 cm³/mol. The number of hydrogen-bond acceptors (Lipinski definition) is 3. The zero-order valence-corrected chi connectivity index (χ0v) is 8.35. The summed E-state index contributed by atoms with van der Waals surface area (Å²) in [6.07, 6.45) is 0.123. The van der Waals surface area contributed by atoms with Crippen molar-refractivity contribution in [2.75, 3.05) is 0 Å². The monoisotopic (exact) mass is 190 g/mol. The topological polar surface area (TPSA) is 54.4 Å². The number of rotatable bonds is 5. The zero-order valence-electron chi connectivity index (χ0n) is 7.53. The predicted octanol–water partition coefficient (Wildman–Crippen LogP) is 1.56. The minimum atomic E-state index is -0.899. The Morgan fingerprint density at radius 2 is 1.92 bits per heavy atom. The molecule has 0 radical (unpaired) electrons. The molecule has 4 heteroatoms. The van der Waals surface area contributed by atoms with Crippen molar-refractivity contribution in [2.24, 2.45) is 0 Å². The third-order valence-electron chi connectivity index (χ3n) is 1.18. The summed E-state index contributed by atoms with van der Waals surface area (Å²) >= 11 is 1.32. The standard InChI is InChI=1S/C8H14O3S/c1-5(2)12-7(8(10)11)4-6(3)9/h5,7H,4H2,1-3H3,(H,10,11). The fourth-order valence-electron chi connectivity index (χ4n) is 0.783. The highest BCUT2D eigenvalue weighted by Crippen LogP contribution is 2.20. The van der Waals surface area contributed by atoms with E-state index >= 15 is 0 Å². The van der Waals surface area contributed by atoms with E-state index in [1.54, 1.807) is 0 Å². The van der Waals surface area contributed by atoms with Crippen LogP contribution >= 0.6 is 11.8 Å². The van der Waals surface area contributed by atoms with Crippen molar-refractivity contribution in [1.82, 2.24) is 0 Å². The first-order valence-corrected chi connectivity index (χ1v) is 4.75. The molecule has 0 aromatic carbocycles. The lowest BCUT2D eigenvalue weighted by molar-refractivity contribution is -0.137. The molecule has 1 atom stereocenters. The second kappa shape index (κ2) is 5.19. The summed E-state index contributed by atoms with van der Waals surface area (Å²) in [6, 6.07) is 0. The SMILES string of the molecule is CC(=O)CC(SC(C)C)C(=O)O. The first-order valence-electron chi connectivity index (χ1n) is 3.81. The van der Waals surface area contributed by atoms with Gasteiger partial charge < -0.3 is 5.11 Å². The van der Waals surface area contributed by atoms with Crippen molar-refractivity contribution in [3.63, 3.8) is 0 Å². The number of ketones is 1. The molecule has 12 heavy (non-hydrogen) atoms. The van der Waals surface area contributed by atoms with Gasteiger partial charge in [0.1, 0.15) is 11.0 Å². The number of Topliss-reactive ketones (excluding diaryl/α,β-unsaturated/α-hetero) is 1. The average Bonchev–Trinajstić information content (AvgIpc) is 1.83. The van der Waals surface area contributed by atoms with Gasteiger partial charge in [0.2, 0.25) is 0 Å². The number of carboxylic acid groups (broad SMARTS) is 1. The first kappa shape index (κ1) is 11.5. The lowest BCUT2D eigenvalue weighted by Gasteiger charge is -2.12. The lowest BCUT2D eigenvalue weighted by atomic mass is 10.2. The Labute approximate surface area is 76.5 Å². The highest BCUT2D eigenvalue weighted by atomic mass is 32.2. The van der Waals surface area contributed by atoms with Crippen LogP contribution in [0.2, 0.25) is 0 Å². The molecule has 70 valence electrons. The van der Waals surface area contributed by atoms with Crippen LogP contribution in [0.25, 0.3) is 0 Å². The molecule has 0 aliphatic heterocycles. The summed E-state index contributed by atoms with van der Waals surface area (Å²) in [6.45, 7) is 5.25. The van der Waals surface area contributed by atoms with Gasteiger partial charge in [-0.15, -0.1) is 11.8 Å². The molecule has 0 fully saturated rings. The van der Waals surface area contributed by atoms with Gasteiger partial charge >= 0.3 is 5.97 Å². The molecule has 0 spiro atoms. The lowest BCUT2D eigenvalue weighted by Crippen LogP contribution is -2.21. The van der Waals surface area contributed by atoms with Crippen LogP contribution in [0.4, 0.5) is 0 Å². The Bertz CT molecular complexity index is 177. The first-order chi connectivity index (χ1) is 5.43. The molecule has 1 N–H and O–H groups in total. The van der Waals surface area contributed by atoms with E-state index in [4.69, 9.17) is 5.11 Å². The summed E-state index contributed by atoms with van der Waals surface area (Å²) < 4.78 is 0. The van der Waals surface area contributed by atoms with Crippen molar-refractivity contribution in [3.8, 4) is 0 Å². The van der Waals surface area contributed by atoms with E-state index in [2.05, 4.69) is 0 Å². The van der Waals surface area contributed by atoms with Crippen molar-refractivity contribution >= 4 is 23.5 Å². The zero-order chi connectivity index (χ0) is 9.72. The van der Waals surface area contributed by atoms with E-state index in [0.717, 1.165) is 0 Å². The highest BCUT2D eigenvalue weighted by molar-refractivity contribution is 8.01. The maximum absolute atomic E-state index is 10.7. The van der Waals surface area contributed by atoms with Gasteiger partial charge in [-0.1, -0.05) is 13.8 Å². The largest absolute Gasteiger partial charge is 0.480 e. The Balaban J connectivity index is 4.04. The van der Waals surface area contributed by atoms with Crippen LogP contribution in [0.3, 0.4) is 0 Å². The van der Waals surface area contributed by atoms with Crippen molar-refractivity contribution in [3.05, 3.63) is 0 Å². The van der Waals surface area contributed by atoms with Crippen molar-refractivity contribution < 1.29 is 14.7 Å². The van der Waals surface area contributed by atoms with Gasteiger partial charge in [-0.2, -0.15) is 0 Å². The number of thioether (sulfide) groups is 1. The Kier molecular flexibility index (Phi) is 4.97. The third-order valence-corrected chi connectivity index (χ3v) is 2.43. The maximum Gasteiger partial charge on any atom is 0.317 e. The van der Waals surface area contributed by atoms with Crippen LogP contribution in [-0.2, 0) is 9.59 Å². The summed E-state index contributed by atoms with van der Waals surface area (Å²) in [5, 5.41) is 8.36. The molecular formula is C8H14O3S. The molecule has 1 unspecified atom stereocenters. The summed E-state index contributed by atoms with van der Waals surface area (Å²) in [4.78, 5) is 21.3. The van der Waals surface area contributed by atoms with Crippen LogP contribution in [-0.4, -0.2) is 27.4 Å². The quantitative estimate of drug-likeness (QED) is 0.714. The second-order valence-electron chi connectivity index (χ2n) is 2.92. The molecule has 0 aliphatic carbocycles. The van der Waals surface area contributed by atoms with Crippen LogP contribution in [0.5, 0.6) is 0 Å². The van der Waals surface area contributed by atoms with Gasteiger partial charge in [-0.05, 0) is 12.2 Å². The van der Waals surface area contributed by atoms with E-state index in [0.29, 0.717) is 0 Å². The van der Waals surface area contributed by atoms with E-state index in [1.165, 1.54) is 18.7 Å². The van der Waals surface area contributed by atoms with E-state index < -0.39 is 11.2 Å². The summed E-state index contributed by atoms with van der Waals surface area (Å²) in [5.41, 5.74) is 0. The molecule has 0 aliphatic rings. The minimum Gasteiger partial charge on any atom is -0.480 e. The van der Waals surface area contributed by atoms with E-state index in [9.17, 15) is 9.59 Å². The minimum absolute atomic E-state index is 0.0736. The normalized spacial score (nSPS) is 13.0. The highest BCUT2D eigenvalue weighted by Gasteiger charge is 2.20. The van der Waals surface area contributed by atoms with Gasteiger partial charge in [-0.25, -0.2) is 0 Å². The van der Waals surface area contributed by atoms with Crippen molar-refractivity contribution in [1.29, 1.82) is 0 Å². The molecule has 0 saturated heterocycles. The van der Waals surface area contributed by atoms with Crippen LogP contribution in [0, 0.1) is 0 Å². The molecule has 0 heterocycles. The van der Waals surface area contributed by atoms with Crippen molar-refractivity contribution in [2.45, 2.75) is 37.7 Å². The summed E-state index contributed by atoms with van der Waals surface area (Å²) in [5.74, 6) is -0.973. The maximum atomic E-state index is 10.7. The second-order valence-corrected chi connectivity index (χ2v) is 4.70. The number of hydrogen-bond donors (Lipinski definition) is 1. The number of carbonyl (C=O) groups is 2. The van der Waals surface area contributed by atoms with E-state index in [-0.39, 0.29) is 17.5 Å². The van der Waals surface area contributed by atoms with Gasteiger partial charge in [0, 0.05) is 6.42 Å². The van der Waals surface area contributed by atoms with Crippen LogP contribution in [0.15, 0.2) is 0 Å². The molecule has 0 bridgehead atoms. The summed E-state index contributed by atoms with van der Waals surface area (Å²) in [7, 11) is 0. The van der Waals surface area contributed by atoms with Crippen LogP contribution < -0.4 is 0 Å². The molecule has 0 aromatic rings. The molecule has 0 amide bonds. The van der Waals surface area contributed by atoms with Gasteiger partial charge in [0.05, 0.1) is 0 Å². The number of carbonyl (C=O) groups excluding carboxylic acids is 1. The fraction of sp³-hybridized carbons (Fsp3) is 0.750. The number of aliphatic carboxylic acids is 1. The third kappa shape index (κ3) is 5.18. The molecule has 3 nitrogen and oxygen atoms in total. The van der Waals surface area contributed by atoms with Gasteiger partial charge in [0.25, 0.3) is 0 Å². The Morgan fingerprint density at radius 3 is 2.17 bits per heavy atom. The van der Waals surface area contributed by atoms with Gasteiger partial charge in [0.15, 0.2) is 0 Å². The van der Waals surface area contributed by atoms with Crippen LogP contribution in [0.1, 0.15) is 27.2 Å².